The molecule has 5 nitrogen and oxygen atoms in total. The number of aliphatic imine (C=N–C) groups is 1. The van der Waals surface area contributed by atoms with Gasteiger partial charge in [0, 0.05) is 25.2 Å². The highest BCUT2D eigenvalue weighted by Crippen LogP contribution is 2.33. The van der Waals surface area contributed by atoms with Crippen LogP contribution in [0.4, 0.5) is 5.82 Å². The lowest BCUT2D eigenvalue weighted by Gasteiger charge is -2.12. The lowest BCUT2D eigenvalue weighted by atomic mass is 9.98. The fourth-order valence-corrected chi connectivity index (χ4v) is 3.72. The van der Waals surface area contributed by atoms with Crippen molar-refractivity contribution in [1.29, 1.82) is 0 Å². The second-order valence-corrected chi connectivity index (χ2v) is 6.45. The zero-order valence-electron chi connectivity index (χ0n) is 13.6. The Hall–Kier alpha value is -1.65. The average Bonchev–Trinajstić information content (AvgIpc) is 3.16. The van der Waals surface area contributed by atoms with E-state index in [9.17, 15) is 9.59 Å². The Bertz CT molecular complexity index is 706. The van der Waals surface area contributed by atoms with Crippen LogP contribution < -0.4 is 11.2 Å². The van der Waals surface area contributed by atoms with Crippen LogP contribution >= 0.6 is 0 Å². The first-order valence-corrected chi connectivity index (χ1v) is 8.61. The summed E-state index contributed by atoms with van der Waals surface area (Å²) in [6.45, 7) is 5.16. The van der Waals surface area contributed by atoms with Crippen molar-refractivity contribution < 1.29 is 0 Å². The summed E-state index contributed by atoms with van der Waals surface area (Å²) in [4.78, 5) is 30.0. The number of hydrogen-bond acceptors (Lipinski definition) is 3. The van der Waals surface area contributed by atoms with Crippen molar-refractivity contribution in [2.75, 3.05) is 0 Å². The highest BCUT2D eigenvalue weighted by Gasteiger charge is 2.30. The summed E-state index contributed by atoms with van der Waals surface area (Å²) in [7, 11) is 0. The van der Waals surface area contributed by atoms with Crippen molar-refractivity contribution in [3.8, 4) is 0 Å². The maximum Gasteiger partial charge on any atom is 0.332 e. The number of fused-ring (bicyclic) bond motifs is 1. The highest BCUT2D eigenvalue weighted by molar-refractivity contribution is 5.95. The molecule has 0 saturated heterocycles. The molecule has 0 atom stereocenters. The Morgan fingerprint density at radius 3 is 2.32 bits per heavy atom. The predicted octanol–water partition coefficient (Wildman–Crippen LogP) is 2.65. The molecule has 0 bridgehead atoms. The molecule has 1 aliphatic heterocycles. The van der Waals surface area contributed by atoms with Gasteiger partial charge in [0.15, 0.2) is 0 Å². The molecule has 2 aliphatic rings. The lowest BCUT2D eigenvalue weighted by molar-refractivity contribution is 0.540. The van der Waals surface area contributed by atoms with Gasteiger partial charge in [-0.2, -0.15) is 0 Å². The van der Waals surface area contributed by atoms with E-state index in [0.29, 0.717) is 31.2 Å². The second-order valence-electron chi connectivity index (χ2n) is 6.45. The summed E-state index contributed by atoms with van der Waals surface area (Å²) in [6.07, 6.45) is 7.15. The molecule has 0 unspecified atom stereocenters. The summed E-state index contributed by atoms with van der Waals surface area (Å²) in [5, 5.41) is 0. The molecule has 0 amide bonds. The molecule has 1 saturated carbocycles. The monoisotopic (exact) mass is 303 g/mol. The normalized spacial score (nSPS) is 17.8. The minimum Gasteiger partial charge on any atom is -0.278 e. The van der Waals surface area contributed by atoms with Crippen LogP contribution in [-0.4, -0.2) is 14.8 Å². The van der Waals surface area contributed by atoms with Crippen LogP contribution in [0.15, 0.2) is 14.6 Å². The van der Waals surface area contributed by atoms with Gasteiger partial charge in [0.25, 0.3) is 5.56 Å². The fraction of sp³-hybridized carbons (Fsp3) is 0.706. The van der Waals surface area contributed by atoms with Crippen LogP contribution in [-0.2, 0) is 19.5 Å². The van der Waals surface area contributed by atoms with Crippen LogP contribution in [0.25, 0.3) is 0 Å². The lowest BCUT2D eigenvalue weighted by Crippen LogP contribution is -2.41. The SMILES string of the molecule is CCCn1c2c(c(=O)n(CCC)c1=O)CC(C1CCCC1)=N2. The molecule has 1 fully saturated rings. The predicted molar refractivity (Wildman–Crippen MR) is 88.3 cm³/mol. The van der Waals surface area contributed by atoms with Gasteiger partial charge in [0.1, 0.15) is 5.82 Å². The van der Waals surface area contributed by atoms with E-state index in [0.717, 1.165) is 24.1 Å². The molecule has 22 heavy (non-hydrogen) atoms. The van der Waals surface area contributed by atoms with Crippen molar-refractivity contribution in [2.24, 2.45) is 10.9 Å². The van der Waals surface area contributed by atoms with Crippen molar-refractivity contribution in [3.63, 3.8) is 0 Å². The van der Waals surface area contributed by atoms with Gasteiger partial charge in [0.05, 0.1) is 5.56 Å². The number of aromatic nitrogens is 2. The van der Waals surface area contributed by atoms with Gasteiger partial charge in [-0.15, -0.1) is 0 Å². The van der Waals surface area contributed by atoms with E-state index in [-0.39, 0.29) is 11.2 Å². The van der Waals surface area contributed by atoms with Crippen molar-refractivity contribution in [3.05, 3.63) is 26.4 Å². The molecule has 1 aliphatic carbocycles. The van der Waals surface area contributed by atoms with E-state index in [4.69, 9.17) is 4.99 Å². The molecular formula is C17H25N3O2. The molecule has 0 spiro atoms. The third-order valence-corrected chi connectivity index (χ3v) is 4.82. The quantitative estimate of drug-likeness (QED) is 0.839. The van der Waals surface area contributed by atoms with E-state index in [1.54, 1.807) is 4.57 Å². The molecule has 120 valence electrons. The Balaban J connectivity index is 2.10. The van der Waals surface area contributed by atoms with Crippen LogP contribution in [0, 0.1) is 5.92 Å². The van der Waals surface area contributed by atoms with Crippen LogP contribution in [0.3, 0.4) is 0 Å². The number of nitrogens with zero attached hydrogens (tertiary/aromatic N) is 3. The van der Waals surface area contributed by atoms with Gasteiger partial charge in [0.2, 0.25) is 0 Å². The van der Waals surface area contributed by atoms with E-state index in [1.165, 1.54) is 30.3 Å². The van der Waals surface area contributed by atoms with Gasteiger partial charge in [-0.05, 0) is 31.6 Å². The van der Waals surface area contributed by atoms with Crippen molar-refractivity contribution >= 4 is 11.5 Å². The second kappa shape index (κ2) is 6.23. The summed E-state index contributed by atoms with van der Waals surface area (Å²) in [5.41, 5.74) is 1.56. The molecule has 1 aromatic rings. The topological polar surface area (TPSA) is 56.4 Å². The molecule has 5 heteroatoms. The minimum atomic E-state index is -0.191. The molecule has 0 radical (unpaired) electrons. The first-order chi connectivity index (χ1) is 10.7. The Morgan fingerprint density at radius 2 is 1.68 bits per heavy atom. The van der Waals surface area contributed by atoms with E-state index < -0.39 is 0 Å². The van der Waals surface area contributed by atoms with Gasteiger partial charge in [-0.25, -0.2) is 9.79 Å². The molecule has 0 N–H and O–H groups in total. The third kappa shape index (κ3) is 2.46. The molecule has 0 aromatic carbocycles. The summed E-state index contributed by atoms with van der Waals surface area (Å²) in [5.74, 6) is 1.16. The first-order valence-electron chi connectivity index (χ1n) is 8.61. The highest BCUT2D eigenvalue weighted by atomic mass is 16.2. The third-order valence-electron chi connectivity index (χ3n) is 4.82. The van der Waals surface area contributed by atoms with E-state index in [2.05, 4.69) is 0 Å². The molecule has 1 aromatic heterocycles. The number of rotatable bonds is 5. The van der Waals surface area contributed by atoms with Gasteiger partial charge < -0.3 is 0 Å². The van der Waals surface area contributed by atoms with Crippen LogP contribution in [0.5, 0.6) is 0 Å². The molecular weight excluding hydrogens is 278 g/mol. The first kappa shape index (κ1) is 15.3. The summed E-state index contributed by atoms with van der Waals surface area (Å²) < 4.78 is 3.12. The fourth-order valence-electron chi connectivity index (χ4n) is 3.72. The maximum atomic E-state index is 12.7. The molecule has 3 rings (SSSR count). The van der Waals surface area contributed by atoms with Crippen LogP contribution in [0.2, 0.25) is 0 Å². The number of hydrogen-bond donors (Lipinski definition) is 0. The summed E-state index contributed by atoms with van der Waals surface area (Å²) in [6, 6.07) is 0. The van der Waals surface area contributed by atoms with Gasteiger partial charge in [-0.1, -0.05) is 26.7 Å². The zero-order chi connectivity index (χ0) is 15.7. The molecule has 2 heterocycles. The minimum absolute atomic E-state index is 0.119. The largest absolute Gasteiger partial charge is 0.332 e. The average molecular weight is 303 g/mol. The van der Waals surface area contributed by atoms with Gasteiger partial charge >= 0.3 is 5.69 Å². The van der Waals surface area contributed by atoms with Crippen molar-refractivity contribution in [2.45, 2.75) is 71.9 Å². The zero-order valence-corrected chi connectivity index (χ0v) is 13.6. The van der Waals surface area contributed by atoms with Crippen molar-refractivity contribution in [1.82, 2.24) is 9.13 Å². The van der Waals surface area contributed by atoms with E-state index in [1.807, 2.05) is 13.8 Å². The standard InChI is InChI=1S/C17H25N3O2/c1-3-9-19-15-13(16(21)20(10-4-2)17(19)22)11-14(18-15)12-7-5-6-8-12/h12H,3-11H2,1-2H3. The Labute approximate surface area is 130 Å². The van der Waals surface area contributed by atoms with E-state index >= 15 is 0 Å². The summed E-state index contributed by atoms with van der Waals surface area (Å²) >= 11 is 0. The Morgan fingerprint density at radius 1 is 1.05 bits per heavy atom. The smallest absolute Gasteiger partial charge is 0.278 e. The maximum absolute atomic E-state index is 12.7. The van der Waals surface area contributed by atoms with Crippen LogP contribution in [0.1, 0.15) is 57.9 Å². The van der Waals surface area contributed by atoms with Gasteiger partial charge in [-0.3, -0.25) is 13.9 Å². The Kier molecular flexibility index (Phi) is 4.32.